The van der Waals surface area contributed by atoms with Gasteiger partial charge >= 0.3 is 6.57 Å². The van der Waals surface area contributed by atoms with Gasteiger partial charge in [-0.2, -0.15) is 4.57 Å². The highest BCUT2D eigenvalue weighted by atomic mass is 31.1. The Kier molecular flexibility index (Phi) is 2.99. The van der Waals surface area contributed by atoms with Crippen molar-refractivity contribution in [2.45, 2.75) is 6.67 Å². The Morgan fingerprint density at radius 1 is 0.806 bits per heavy atom. The topological polar surface area (TPSA) is 12.0 Å². The van der Waals surface area contributed by atoms with Gasteiger partial charge in [-0.1, -0.05) is 72.8 Å². The normalized spacial score (nSPS) is 17.1. The molecule has 0 saturated heterocycles. The fraction of sp³-hybridized carbons (Fsp3) is 0.0385. The van der Waals surface area contributed by atoms with Gasteiger partial charge in [0.2, 0.25) is 12.4 Å². The van der Waals surface area contributed by atoms with Gasteiger partial charge in [0.25, 0.3) is 0 Å². The van der Waals surface area contributed by atoms with E-state index in [1.807, 2.05) is 0 Å². The second kappa shape index (κ2) is 5.66. The predicted octanol–water partition coefficient (Wildman–Crippen LogP) is 3.71. The zero-order valence-corrected chi connectivity index (χ0v) is 17.7. The van der Waals surface area contributed by atoms with Crippen LogP contribution < -0.4 is 25.4 Å². The van der Waals surface area contributed by atoms with E-state index in [2.05, 4.69) is 111 Å². The van der Waals surface area contributed by atoms with Crippen molar-refractivity contribution in [3.63, 3.8) is 0 Å². The number of anilines is 2. The number of para-hydroxylation sites is 2. The van der Waals surface area contributed by atoms with Crippen molar-refractivity contribution < 1.29 is 4.57 Å². The van der Waals surface area contributed by atoms with Crippen LogP contribution in [-0.4, -0.2) is 11.1 Å². The first-order valence-corrected chi connectivity index (χ1v) is 12.2. The fourth-order valence-corrected chi connectivity index (χ4v) is 8.83. The van der Waals surface area contributed by atoms with Gasteiger partial charge in [-0.15, -0.1) is 0 Å². The summed E-state index contributed by atoms with van der Waals surface area (Å²) in [4.78, 5) is 2.67. The van der Waals surface area contributed by atoms with E-state index in [4.69, 9.17) is 0 Å². The van der Waals surface area contributed by atoms with Gasteiger partial charge in [-0.05, 0) is 30.5 Å². The molecular weight excluding hydrogens is 396 g/mol. The van der Waals surface area contributed by atoms with Crippen molar-refractivity contribution in [3.05, 3.63) is 97.2 Å². The predicted molar refractivity (Wildman–Crippen MR) is 130 cm³/mol. The van der Waals surface area contributed by atoms with Crippen LogP contribution >= 0.6 is 7.80 Å². The molecule has 1 unspecified atom stereocenters. The van der Waals surface area contributed by atoms with E-state index in [1.165, 1.54) is 49.7 Å². The largest absolute Gasteiger partial charge is 0.373 e. The lowest BCUT2D eigenvalue weighted by Crippen LogP contribution is -2.51. The third-order valence-electron chi connectivity index (χ3n) is 7.01. The van der Waals surface area contributed by atoms with Crippen LogP contribution in [0.1, 0.15) is 0 Å². The summed E-state index contributed by atoms with van der Waals surface area (Å²) in [7, 11) is -0.547. The quantitative estimate of drug-likeness (QED) is 0.227. The average molecular weight is 414 g/mol. The maximum atomic E-state index is 2.67. The van der Waals surface area contributed by atoms with Crippen molar-refractivity contribution in [3.8, 4) is 11.4 Å². The number of hydrogen-bond acceptors (Lipinski definition) is 1. The van der Waals surface area contributed by atoms with Crippen LogP contribution in [-0.2, 0) is 6.67 Å². The van der Waals surface area contributed by atoms with E-state index in [1.54, 1.807) is 0 Å². The minimum atomic E-state index is -0.547. The lowest BCUT2D eigenvalue weighted by atomic mass is 9.72. The van der Waals surface area contributed by atoms with Gasteiger partial charge < -0.3 is 4.81 Å². The van der Waals surface area contributed by atoms with E-state index < -0.39 is 7.80 Å². The smallest absolute Gasteiger partial charge is 0.339 e. The van der Waals surface area contributed by atoms with E-state index in [0.717, 1.165) is 6.67 Å². The number of benzene rings is 3. The third-order valence-corrected chi connectivity index (χ3v) is 9.76. The molecule has 5 aromatic rings. The summed E-state index contributed by atoms with van der Waals surface area (Å²) in [6, 6.07) is 33.7. The number of rotatable bonds is 1. The maximum absolute atomic E-state index is 2.67. The molecule has 3 aliphatic rings. The number of pyridine rings is 1. The van der Waals surface area contributed by atoms with Crippen LogP contribution in [0.4, 0.5) is 11.4 Å². The summed E-state index contributed by atoms with van der Waals surface area (Å²) in [6.45, 7) is 1.21. The average Bonchev–Trinajstić information content (AvgIpc) is 3.47. The minimum Gasteiger partial charge on any atom is -0.373 e. The number of aromatic nitrogens is 2. The Hall–Kier alpha value is -3.36. The summed E-state index contributed by atoms with van der Waals surface area (Å²) in [5, 5.41) is 4.30. The molecule has 5 heteroatoms. The number of hydrogen-bond donors (Lipinski definition) is 0. The Labute approximate surface area is 182 Å². The minimum absolute atomic E-state index is 0.321. The zero-order valence-electron chi connectivity index (χ0n) is 16.8. The molecule has 0 radical (unpaired) electrons. The molecule has 2 aromatic heterocycles. The molecule has 0 fully saturated rings. The van der Waals surface area contributed by atoms with Gasteiger partial charge in [-0.25, -0.2) is 0 Å². The van der Waals surface area contributed by atoms with Crippen molar-refractivity contribution in [1.29, 1.82) is 0 Å². The molecule has 1 atom stereocenters. The third kappa shape index (κ3) is 1.89. The molecule has 3 aromatic carbocycles. The highest BCUT2D eigenvalue weighted by molar-refractivity contribution is 8.04. The van der Waals surface area contributed by atoms with Gasteiger partial charge in [0.05, 0.1) is 11.2 Å². The summed E-state index contributed by atoms with van der Waals surface area (Å²) in [5.41, 5.74) is 8.34. The lowest BCUT2D eigenvalue weighted by Gasteiger charge is -2.31. The Bertz CT molecular complexity index is 1540. The van der Waals surface area contributed by atoms with E-state index >= 15 is 0 Å². The summed E-state index contributed by atoms with van der Waals surface area (Å²) >= 11 is 0. The van der Waals surface area contributed by atoms with Crippen molar-refractivity contribution in [2.75, 3.05) is 4.81 Å². The van der Waals surface area contributed by atoms with Crippen molar-refractivity contribution in [2.24, 2.45) is 0 Å². The van der Waals surface area contributed by atoms with Crippen LogP contribution in [0.25, 0.3) is 22.3 Å². The molecule has 3 aliphatic heterocycles. The molecule has 3 nitrogen and oxygen atoms in total. The molecule has 0 saturated carbocycles. The highest BCUT2D eigenvalue weighted by Crippen LogP contribution is 2.57. The SMILES string of the molecule is c1ccc(P2B3c4ccc[n+]5c4-c4c(c6ccccc6n4C5)N3c3ccccc32)cc1. The Morgan fingerprint density at radius 3 is 2.55 bits per heavy atom. The molecule has 31 heavy (non-hydrogen) atoms. The first-order chi connectivity index (χ1) is 15.4. The van der Waals surface area contributed by atoms with E-state index in [0.29, 0.717) is 6.57 Å². The lowest BCUT2D eigenvalue weighted by molar-refractivity contribution is -0.681. The zero-order chi connectivity index (χ0) is 20.1. The molecule has 5 heterocycles. The van der Waals surface area contributed by atoms with Crippen LogP contribution in [0, 0.1) is 0 Å². The fourth-order valence-electron chi connectivity index (χ4n) is 5.88. The summed E-state index contributed by atoms with van der Waals surface area (Å²) in [5.74, 6) is 0. The van der Waals surface area contributed by atoms with Gasteiger partial charge in [0, 0.05) is 22.6 Å². The maximum Gasteiger partial charge on any atom is 0.339 e. The highest BCUT2D eigenvalue weighted by Gasteiger charge is 2.54. The standard InChI is InChI=1S/C26H18BN3P/c1-2-9-18(10-3-1)31-23-15-7-6-14-22(23)30-24-19-11-4-5-13-21(19)29-17-28-16-8-12-20(27(30)31)25(28)26(24)29/h1-16H,17H2/q+1. The first kappa shape index (κ1) is 16.4. The second-order valence-electron chi connectivity index (χ2n) is 8.50. The van der Waals surface area contributed by atoms with Gasteiger partial charge in [0.15, 0.2) is 6.20 Å². The van der Waals surface area contributed by atoms with Crippen LogP contribution in [0.3, 0.4) is 0 Å². The Morgan fingerprint density at radius 2 is 1.61 bits per heavy atom. The monoisotopic (exact) mass is 414 g/mol. The van der Waals surface area contributed by atoms with Gasteiger partial charge in [-0.3, -0.25) is 4.57 Å². The molecule has 0 N–H and O–H groups in total. The molecule has 0 aliphatic carbocycles. The molecule has 0 spiro atoms. The van der Waals surface area contributed by atoms with Crippen LogP contribution in [0.15, 0.2) is 97.2 Å². The number of nitrogens with zero attached hydrogens (tertiary/aromatic N) is 3. The molecular formula is C26H18BN3P+. The molecule has 0 bridgehead atoms. The second-order valence-corrected chi connectivity index (χ2v) is 10.7. The summed E-state index contributed by atoms with van der Waals surface area (Å²) in [6.07, 6.45) is 2.24. The molecule has 144 valence electrons. The molecule has 0 amide bonds. The van der Waals surface area contributed by atoms with Gasteiger partial charge in [0.1, 0.15) is 5.69 Å². The Balaban J connectivity index is 1.54. The summed E-state index contributed by atoms with van der Waals surface area (Å²) < 4.78 is 4.95. The van der Waals surface area contributed by atoms with E-state index in [9.17, 15) is 0 Å². The van der Waals surface area contributed by atoms with E-state index in [-0.39, 0.29) is 0 Å². The van der Waals surface area contributed by atoms with Crippen LogP contribution in [0.2, 0.25) is 0 Å². The van der Waals surface area contributed by atoms with Crippen molar-refractivity contribution in [1.82, 2.24) is 4.57 Å². The number of fused-ring (bicyclic) bond motifs is 8. The van der Waals surface area contributed by atoms with Crippen LogP contribution in [0.5, 0.6) is 0 Å². The molecule has 8 rings (SSSR count). The first-order valence-electron chi connectivity index (χ1n) is 10.8. The van der Waals surface area contributed by atoms with Crippen molar-refractivity contribution >= 4 is 52.7 Å².